The Morgan fingerprint density at radius 2 is 2.00 bits per heavy atom. The van der Waals surface area contributed by atoms with Gasteiger partial charge >= 0.3 is 0 Å². The Morgan fingerprint density at radius 1 is 1.21 bits per heavy atom. The first-order valence-corrected chi connectivity index (χ1v) is 5.79. The molecule has 0 radical (unpaired) electrons. The van der Waals surface area contributed by atoms with Crippen molar-refractivity contribution in [3.63, 3.8) is 0 Å². The van der Waals surface area contributed by atoms with Crippen molar-refractivity contribution in [1.82, 2.24) is 10.3 Å². The van der Waals surface area contributed by atoms with Crippen LogP contribution in [-0.4, -0.2) is 17.5 Å². The summed E-state index contributed by atoms with van der Waals surface area (Å²) in [6.07, 6.45) is 1.24. The number of ether oxygens (including phenoxy) is 1. The average molecular weight is 260 g/mol. The maximum Gasteiger partial charge on any atom is 0.258 e. The fourth-order valence-electron chi connectivity index (χ4n) is 1.44. The molecule has 0 spiro atoms. The highest BCUT2D eigenvalue weighted by Crippen LogP contribution is 2.07. The van der Waals surface area contributed by atoms with Crippen molar-refractivity contribution in [1.29, 1.82) is 0 Å². The Kier molecular flexibility index (Phi) is 4.44. The number of carbonyl (C=O) groups excluding carboxylic acids is 1. The van der Waals surface area contributed by atoms with Crippen molar-refractivity contribution in [3.05, 3.63) is 60.2 Å². The van der Waals surface area contributed by atoms with Crippen molar-refractivity contribution in [3.8, 4) is 5.75 Å². The van der Waals surface area contributed by atoms with E-state index in [2.05, 4.69) is 10.3 Å². The summed E-state index contributed by atoms with van der Waals surface area (Å²) in [4.78, 5) is 15.0. The van der Waals surface area contributed by atoms with E-state index < -0.39 is 5.95 Å². The van der Waals surface area contributed by atoms with Crippen LogP contribution in [0.2, 0.25) is 0 Å². The van der Waals surface area contributed by atoms with E-state index in [0.29, 0.717) is 12.3 Å². The minimum atomic E-state index is -0.583. The monoisotopic (exact) mass is 260 g/mol. The molecule has 0 unspecified atom stereocenters. The van der Waals surface area contributed by atoms with E-state index in [4.69, 9.17) is 4.74 Å². The van der Waals surface area contributed by atoms with E-state index in [-0.39, 0.29) is 12.5 Å². The highest BCUT2D eigenvalue weighted by molar-refractivity contribution is 5.77. The summed E-state index contributed by atoms with van der Waals surface area (Å²) < 4.78 is 17.7. The van der Waals surface area contributed by atoms with Crippen LogP contribution in [0.25, 0.3) is 0 Å². The van der Waals surface area contributed by atoms with Crippen LogP contribution < -0.4 is 10.1 Å². The Bertz CT molecular complexity index is 529. The number of aromatic nitrogens is 1. The summed E-state index contributed by atoms with van der Waals surface area (Å²) >= 11 is 0. The maximum absolute atomic E-state index is 12.5. The van der Waals surface area contributed by atoms with Crippen molar-refractivity contribution in [2.75, 3.05) is 6.61 Å². The lowest BCUT2D eigenvalue weighted by atomic mass is 10.2. The standard InChI is InChI=1S/C14H13FN2O2/c15-13-7-6-12(9-16-13)19-10-14(18)17-8-11-4-2-1-3-5-11/h1-7,9H,8,10H2,(H,17,18). The number of benzene rings is 1. The van der Waals surface area contributed by atoms with Gasteiger partial charge in [0, 0.05) is 6.54 Å². The van der Waals surface area contributed by atoms with Gasteiger partial charge in [0.25, 0.3) is 5.91 Å². The lowest BCUT2D eigenvalue weighted by Gasteiger charge is -2.07. The summed E-state index contributed by atoms with van der Waals surface area (Å²) in [5, 5.41) is 2.72. The summed E-state index contributed by atoms with van der Waals surface area (Å²) in [7, 11) is 0. The molecule has 0 bridgehead atoms. The second-order valence-electron chi connectivity index (χ2n) is 3.87. The molecule has 0 saturated carbocycles. The Labute approximate surface area is 110 Å². The third-order valence-electron chi connectivity index (χ3n) is 2.40. The predicted octanol–water partition coefficient (Wildman–Crippen LogP) is 1.92. The van der Waals surface area contributed by atoms with Gasteiger partial charge in [-0.3, -0.25) is 4.79 Å². The molecule has 0 aliphatic rings. The molecular formula is C14H13FN2O2. The van der Waals surface area contributed by atoms with Gasteiger partial charge in [-0.25, -0.2) is 4.98 Å². The van der Waals surface area contributed by atoms with Crippen LogP contribution in [0.1, 0.15) is 5.56 Å². The molecule has 1 aromatic carbocycles. The Hall–Kier alpha value is -2.43. The van der Waals surface area contributed by atoms with Gasteiger partial charge in [-0.05, 0) is 17.7 Å². The summed E-state index contributed by atoms with van der Waals surface area (Å²) in [5.41, 5.74) is 1.01. The van der Waals surface area contributed by atoms with Crippen molar-refractivity contribution < 1.29 is 13.9 Å². The van der Waals surface area contributed by atoms with Gasteiger partial charge in [-0.2, -0.15) is 4.39 Å². The molecule has 1 heterocycles. The fourth-order valence-corrected chi connectivity index (χ4v) is 1.44. The molecule has 5 heteroatoms. The largest absolute Gasteiger partial charge is 0.482 e. The van der Waals surface area contributed by atoms with Crippen LogP contribution in [0.5, 0.6) is 5.75 Å². The molecule has 1 aromatic heterocycles. The van der Waals surface area contributed by atoms with E-state index in [0.717, 1.165) is 5.56 Å². The molecule has 2 aromatic rings. The highest BCUT2D eigenvalue weighted by atomic mass is 19.1. The number of halogens is 1. The van der Waals surface area contributed by atoms with Crippen LogP contribution in [0, 0.1) is 5.95 Å². The minimum Gasteiger partial charge on any atom is -0.482 e. The van der Waals surface area contributed by atoms with Gasteiger partial charge in [-0.15, -0.1) is 0 Å². The molecule has 0 atom stereocenters. The number of hydrogen-bond acceptors (Lipinski definition) is 3. The van der Waals surface area contributed by atoms with E-state index in [1.54, 1.807) is 0 Å². The molecule has 2 rings (SSSR count). The molecule has 4 nitrogen and oxygen atoms in total. The van der Waals surface area contributed by atoms with Crippen LogP contribution in [0.15, 0.2) is 48.7 Å². The lowest BCUT2D eigenvalue weighted by molar-refractivity contribution is -0.123. The zero-order valence-corrected chi connectivity index (χ0v) is 10.2. The Balaban J connectivity index is 1.74. The molecule has 0 fully saturated rings. The van der Waals surface area contributed by atoms with E-state index >= 15 is 0 Å². The first kappa shape index (κ1) is 13.0. The number of carbonyl (C=O) groups is 1. The maximum atomic E-state index is 12.5. The first-order chi connectivity index (χ1) is 9.24. The van der Waals surface area contributed by atoms with E-state index in [9.17, 15) is 9.18 Å². The lowest BCUT2D eigenvalue weighted by Crippen LogP contribution is -2.28. The molecule has 0 aliphatic carbocycles. The smallest absolute Gasteiger partial charge is 0.258 e. The van der Waals surface area contributed by atoms with Gasteiger partial charge < -0.3 is 10.1 Å². The highest BCUT2D eigenvalue weighted by Gasteiger charge is 2.03. The van der Waals surface area contributed by atoms with Crippen molar-refractivity contribution in [2.45, 2.75) is 6.54 Å². The molecule has 98 valence electrons. The molecule has 0 saturated heterocycles. The quantitative estimate of drug-likeness (QED) is 0.835. The zero-order chi connectivity index (χ0) is 13.5. The third-order valence-corrected chi connectivity index (χ3v) is 2.40. The number of hydrogen-bond donors (Lipinski definition) is 1. The van der Waals surface area contributed by atoms with Gasteiger partial charge in [0.05, 0.1) is 6.20 Å². The van der Waals surface area contributed by atoms with Crippen LogP contribution >= 0.6 is 0 Å². The molecule has 1 N–H and O–H groups in total. The SMILES string of the molecule is O=C(COc1ccc(F)nc1)NCc1ccccc1. The molecule has 19 heavy (non-hydrogen) atoms. The fraction of sp³-hybridized carbons (Fsp3) is 0.143. The van der Waals surface area contributed by atoms with E-state index in [1.165, 1.54) is 18.3 Å². The molecule has 0 aliphatic heterocycles. The minimum absolute atomic E-state index is 0.125. The number of nitrogens with one attached hydrogen (secondary N) is 1. The number of rotatable bonds is 5. The normalized spacial score (nSPS) is 9.95. The molecule has 1 amide bonds. The number of amides is 1. The topological polar surface area (TPSA) is 51.2 Å². The van der Waals surface area contributed by atoms with Gasteiger partial charge in [0.1, 0.15) is 5.75 Å². The summed E-state index contributed by atoms with van der Waals surface area (Å²) in [6, 6.07) is 12.2. The van der Waals surface area contributed by atoms with Gasteiger partial charge in [-0.1, -0.05) is 30.3 Å². The van der Waals surface area contributed by atoms with Crippen LogP contribution in [0.3, 0.4) is 0 Å². The van der Waals surface area contributed by atoms with Crippen LogP contribution in [0.4, 0.5) is 4.39 Å². The average Bonchev–Trinajstić information content (AvgIpc) is 2.45. The number of nitrogens with zero attached hydrogens (tertiary/aromatic N) is 1. The first-order valence-electron chi connectivity index (χ1n) is 5.79. The van der Waals surface area contributed by atoms with Crippen molar-refractivity contribution >= 4 is 5.91 Å². The van der Waals surface area contributed by atoms with Crippen molar-refractivity contribution in [2.24, 2.45) is 0 Å². The summed E-state index contributed by atoms with van der Waals surface area (Å²) in [6.45, 7) is 0.324. The zero-order valence-electron chi connectivity index (χ0n) is 10.2. The number of pyridine rings is 1. The van der Waals surface area contributed by atoms with Gasteiger partial charge in [0.2, 0.25) is 5.95 Å². The second-order valence-corrected chi connectivity index (χ2v) is 3.87. The van der Waals surface area contributed by atoms with Crippen LogP contribution in [-0.2, 0) is 11.3 Å². The summed E-state index contributed by atoms with van der Waals surface area (Å²) in [5.74, 6) is -0.467. The van der Waals surface area contributed by atoms with E-state index in [1.807, 2.05) is 30.3 Å². The van der Waals surface area contributed by atoms with Gasteiger partial charge in [0.15, 0.2) is 6.61 Å². The third kappa shape index (κ3) is 4.39. The molecular weight excluding hydrogens is 247 g/mol. The second kappa shape index (κ2) is 6.49. The predicted molar refractivity (Wildman–Crippen MR) is 68.0 cm³/mol. The Morgan fingerprint density at radius 3 is 2.68 bits per heavy atom.